The van der Waals surface area contributed by atoms with E-state index in [0.717, 1.165) is 29.7 Å². The second-order valence-electron chi connectivity index (χ2n) is 5.81. The van der Waals surface area contributed by atoms with Crippen LogP contribution in [0.25, 0.3) is 11.0 Å². The Kier molecular flexibility index (Phi) is 5.56. The first-order valence-corrected chi connectivity index (χ1v) is 8.63. The number of aryl methyl sites for hydroxylation is 1. The minimum absolute atomic E-state index is 0.149. The first-order valence-electron chi connectivity index (χ1n) is 8.25. The molecule has 130 valence electrons. The van der Waals surface area contributed by atoms with Crippen LogP contribution in [0.3, 0.4) is 0 Å². The highest BCUT2D eigenvalue weighted by Gasteiger charge is 2.14. The maximum absolute atomic E-state index is 12.1. The van der Waals surface area contributed by atoms with Gasteiger partial charge >= 0.3 is 0 Å². The Labute approximate surface area is 151 Å². The minimum Gasteiger partial charge on any atom is -0.481 e. The molecule has 0 saturated heterocycles. The molecule has 0 bridgehead atoms. The van der Waals surface area contributed by atoms with Crippen molar-refractivity contribution in [3.8, 4) is 5.75 Å². The molecule has 0 spiro atoms. The lowest BCUT2D eigenvalue weighted by atomic mass is 10.3. The number of imidazole rings is 1. The Bertz CT molecular complexity index is 830. The number of hydrogen-bond acceptors (Lipinski definition) is 3. The number of benzene rings is 2. The summed E-state index contributed by atoms with van der Waals surface area (Å²) < 4.78 is 5.60. The summed E-state index contributed by atoms with van der Waals surface area (Å²) in [6.07, 6.45) is 0.998. The highest BCUT2D eigenvalue weighted by Crippen LogP contribution is 2.18. The zero-order valence-electron chi connectivity index (χ0n) is 14.0. The van der Waals surface area contributed by atoms with Gasteiger partial charge in [0.15, 0.2) is 6.10 Å². The topological polar surface area (TPSA) is 67.0 Å². The van der Waals surface area contributed by atoms with Crippen LogP contribution in [0.15, 0.2) is 48.5 Å². The van der Waals surface area contributed by atoms with Crippen molar-refractivity contribution in [3.63, 3.8) is 0 Å². The Hall–Kier alpha value is -2.53. The van der Waals surface area contributed by atoms with Gasteiger partial charge in [-0.25, -0.2) is 4.98 Å². The molecule has 2 N–H and O–H groups in total. The third-order valence-corrected chi connectivity index (χ3v) is 4.04. The molecule has 0 radical (unpaired) electrons. The zero-order chi connectivity index (χ0) is 17.6. The van der Waals surface area contributed by atoms with Crippen LogP contribution in [0.5, 0.6) is 5.75 Å². The van der Waals surface area contributed by atoms with E-state index < -0.39 is 6.10 Å². The predicted molar refractivity (Wildman–Crippen MR) is 99.0 cm³/mol. The van der Waals surface area contributed by atoms with Crippen LogP contribution < -0.4 is 10.1 Å². The van der Waals surface area contributed by atoms with Gasteiger partial charge in [-0.1, -0.05) is 29.8 Å². The predicted octanol–water partition coefficient (Wildman–Crippen LogP) is 3.73. The van der Waals surface area contributed by atoms with Gasteiger partial charge in [-0.15, -0.1) is 0 Å². The van der Waals surface area contributed by atoms with Crippen LogP contribution in [0.4, 0.5) is 0 Å². The molecule has 0 saturated carbocycles. The van der Waals surface area contributed by atoms with E-state index in [-0.39, 0.29) is 5.91 Å². The largest absolute Gasteiger partial charge is 0.481 e. The molecule has 2 aromatic carbocycles. The van der Waals surface area contributed by atoms with Gasteiger partial charge in [-0.2, -0.15) is 0 Å². The average Bonchev–Trinajstić information content (AvgIpc) is 3.01. The smallest absolute Gasteiger partial charge is 0.260 e. The first kappa shape index (κ1) is 17.3. The van der Waals surface area contributed by atoms with Crippen molar-refractivity contribution in [2.24, 2.45) is 0 Å². The molecule has 3 aromatic rings. The SMILES string of the molecule is CC(Oc1cccc(Cl)c1)C(=O)NCCCc1nc2ccccc2[nH]1. The second-order valence-corrected chi connectivity index (χ2v) is 6.25. The Morgan fingerprint density at radius 3 is 2.92 bits per heavy atom. The Morgan fingerprint density at radius 1 is 1.28 bits per heavy atom. The molecular formula is C19H20ClN3O2. The fourth-order valence-electron chi connectivity index (χ4n) is 2.53. The number of carbonyl (C=O) groups is 1. The molecule has 1 unspecified atom stereocenters. The molecule has 5 nitrogen and oxygen atoms in total. The van der Waals surface area contributed by atoms with Crippen LogP contribution in [0.1, 0.15) is 19.2 Å². The second kappa shape index (κ2) is 8.03. The molecular weight excluding hydrogens is 338 g/mol. The number of carbonyl (C=O) groups excluding carboxylic acids is 1. The zero-order valence-corrected chi connectivity index (χ0v) is 14.7. The van der Waals surface area contributed by atoms with Crippen LogP contribution in [0.2, 0.25) is 5.02 Å². The van der Waals surface area contributed by atoms with Crippen molar-refractivity contribution in [1.29, 1.82) is 0 Å². The minimum atomic E-state index is -0.579. The van der Waals surface area contributed by atoms with Crippen LogP contribution in [0, 0.1) is 0 Å². The van der Waals surface area contributed by atoms with Crippen molar-refractivity contribution < 1.29 is 9.53 Å². The summed E-state index contributed by atoms with van der Waals surface area (Å²) in [5, 5.41) is 3.46. The van der Waals surface area contributed by atoms with E-state index in [1.54, 1.807) is 31.2 Å². The van der Waals surface area contributed by atoms with Crippen molar-refractivity contribution in [3.05, 3.63) is 59.4 Å². The fourth-order valence-corrected chi connectivity index (χ4v) is 2.71. The van der Waals surface area contributed by atoms with E-state index in [0.29, 0.717) is 17.3 Å². The van der Waals surface area contributed by atoms with E-state index >= 15 is 0 Å². The molecule has 0 aliphatic carbocycles. The summed E-state index contributed by atoms with van der Waals surface area (Å²) >= 11 is 5.91. The monoisotopic (exact) mass is 357 g/mol. The summed E-state index contributed by atoms with van der Waals surface area (Å²) in [6, 6.07) is 14.9. The van der Waals surface area contributed by atoms with Gasteiger partial charge in [0, 0.05) is 18.0 Å². The number of halogens is 1. The maximum Gasteiger partial charge on any atom is 0.260 e. The number of para-hydroxylation sites is 2. The van der Waals surface area contributed by atoms with E-state index in [1.165, 1.54) is 0 Å². The molecule has 3 rings (SSSR count). The quantitative estimate of drug-likeness (QED) is 0.633. The highest BCUT2D eigenvalue weighted by molar-refractivity contribution is 6.30. The molecule has 1 heterocycles. The van der Waals surface area contributed by atoms with Crippen LogP contribution >= 0.6 is 11.6 Å². The van der Waals surface area contributed by atoms with E-state index in [4.69, 9.17) is 16.3 Å². The molecule has 1 aromatic heterocycles. The van der Waals surface area contributed by atoms with E-state index in [9.17, 15) is 4.79 Å². The number of hydrogen-bond donors (Lipinski definition) is 2. The van der Waals surface area contributed by atoms with Crippen LogP contribution in [-0.2, 0) is 11.2 Å². The van der Waals surface area contributed by atoms with E-state index in [1.807, 2.05) is 24.3 Å². The molecule has 0 fully saturated rings. The number of ether oxygens (including phenoxy) is 1. The van der Waals surface area contributed by atoms with Gasteiger partial charge in [0.05, 0.1) is 11.0 Å². The van der Waals surface area contributed by atoms with Gasteiger partial charge in [-0.3, -0.25) is 4.79 Å². The number of nitrogens with zero attached hydrogens (tertiary/aromatic N) is 1. The molecule has 0 aliphatic rings. The number of rotatable bonds is 7. The lowest BCUT2D eigenvalue weighted by molar-refractivity contribution is -0.127. The normalized spacial score (nSPS) is 12.1. The number of fused-ring (bicyclic) bond motifs is 1. The van der Waals surface area contributed by atoms with Crippen molar-refractivity contribution in [2.45, 2.75) is 25.9 Å². The Balaban J connectivity index is 1.42. The highest BCUT2D eigenvalue weighted by atomic mass is 35.5. The summed E-state index contributed by atoms with van der Waals surface area (Å²) in [4.78, 5) is 19.9. The molecule has 1 atom stereocenters. The number of H-pyrrole nitrogens is 1. The number of aromatic nitrogens is 2. The molecule has 1 amide bonds. The standard InChI is InChI=1S/C19H20ClN3O2/c1-13(25-15-7-4-6-14(20)12-15)19(24)21-11-5-10-18-22-16-8-2-3-9-17(16)23-18/h2-4,6-9,12-13H,5,10-11H2,1H3,(H,21,24)(H,22,23). The van der Waals surface area contributed by atoms with Gasteiger partial charge in [-0.05, 0) is 43.7 Å². The van der Waals surface area contributed by atoms with Gasteiger partial charge in [0.2, 0.25) is 0 Å². The number of nitrogens with one attached hydrogen (secondary N) is 2. The number of aromatic amines is 1. The summed E-state index contributed by atoms with van der Waals surface area (Å²) in [5.74, 6) is 1.36. The van der Waals surface area contributed by atoms with Crippen molar-refractivity contribution in [2.75, 3.05) is 6.54 Å². The van der Waals surface area contributed by atoms with Crippen molar-refractivity contribution >= 4 is 28.5 Å². The maximum atomic E-state index is 12.1. The third kappa shape index (κ3) is 4.73. The molecule has 25 heavy (non-hydrogen) atoms. The summed E-state index contributed by atoms with van der Waals surface area (Å²) in [5.41, 5.74) is 2.00. The van der Waals surface area contributed by atoms with Gasteiger partial charge in [0.1, 0.15) is 11.6 Å². The fraction of sp³-hybridized carbons (Fsp3) is 0.263. The third-order valence-electron chi connectivity index (χ3n) is 3.81. The average molecular weight is 358 g/mol. The summed E-state index contributed by atoms with van der Waals surface area (Å²) in [6.45, 7) is 2.29. The number of amides is 1. The lowest BCUT2D eigenvalue weighted by Crippen LogP contribution is -2.36. The molecule has 6 heteroatoms. The summed E-state index contributed by atoms with van der Waals surface area (Å²) in [7, 11) is 0. The first-order chi connectivity index (χ1) is 12.1. The van der Waals surface area contributed by atoms with Gasteiger partial charge in [0.25, 0.3) is 5.91 Å². The van der Waals surface area contributed by atoms with Crippen molar-refractivity contribution in [1.82, 2.24) is 15.3 Å². The van der Waals surface area contributed by atoms with Crippen LogP contribution in [-0.4, -0.2) is 28.5 Å². The molecule has 0 aliphatic heterocycles. The Morgan fingerprint density at radius 2 is 2.12 bits per heavy atom. The van der Waals surface area contributed by atoms with Gasteiger partial charge < -0.3 is 15.0 Å². The van der Waals surface area contributed by atoms with E-state index in [2.05, 4.69) is 15.3 Å². The lowest BCUT2D eigenvalue weighted by Gasteiger charge is -2.14.